The van der Waals surface area contributed by atoms with Gasteiger partial charge in [-0.15, -0.1) is 0 Å². The standard InChI is InChI=1S/C10H13BrF3N3/c1-7(2)17(6-4-11)9-15-5-3-8(16-9)10(12,13)14/h3,5,7H,4,6H2,1-2H3. The van der Waals surface area contributed by atoms with E-state index in [9.17, 15) is 13.2 Å². The highest BCUT2D eigenvalue weighted by Gasteiger charge is 2.33. The van der Waals surface area contributed by atoms with Crippen LogP contribution in [0.15, 0.2) is 12.3 Å². The van der Waals surface area contributed by atoms with Gasteiger partial charge in [0.25, 0.3) is 0 Å². The Hall–Kier alpha value is -0.850. The van der Waals surface area contributed by atoms with Crippen LogP contribution in [0.5, 0.6) is 0 Å². The molecule has 3 nitrogen and oxygen atoms in total. The van der Waals surface area contributed by atoms with Crippen LogP contribution >= 0.6 is 15.9 Å². The van der Waals surface area contributed by atoms with Crippen molar-refractivity contribution in [2.24, 2.45) is 0 Å². The summed E-state index contributed by atoms with van der Waals surface area (Å²) in [5.41, 5.74) is -0.914. The molecule has 0 aromatic carbocycles. The van der Waals surface area contributed by atoms with Crippen LogP contribution < -0.4 is 4.90 Å². The molecule has 0 unspecified atom stereocenters. The van der Waals surface area contributed by atoms with E-state index in [1.807, 2.05) is 13.8 Å². The highest BCUT2D eigenvalue weighted by molar-refractivity contribution is 9.09. The average Bonchev–Trinajstić information content (AvgIpc) is 2.24. The maximum atomic E-state index is 12.5. The van der Waals surface area contributed by atoms with E-state index in [2.05, 4.69) is 25.9 Å². The number of rotatable bonds is 4. The van der Waals surface area contributed by atoms with Gasteiger partial charge in [-0.25, -0.2) is 9.97 Å². The monoisotopic (exact) mass is 311 g/mol. The first-order valence-electron chi connectivity index (χ1n) is 5.09. The Labute approximate surface area is 106 Å². The largest absolute Gasteiger partial charge is 0.433 e. The molecule has 0 saturated heterocycles. The molecule has 0 N–H and O–H groups in total. The Morgan fingerprint density at radius 1 is 1.41 bits per heavy atom. The molecule has 0 amide bonds. The van der Waals surface area contributed by atoms with Crippen molar-refractivity contribution in [2.75, 3.05) is 16.8 Å². The Morgan fingerprint density at radius 2 is 2.06 bits per heavy atom. The number of hydrogen-bond donors (Lipinski definition) is 0. The van der Waals surface area contributed by atoms with E-state index in [1.165, 1.54) is 0 Å². The van der Waals surface area contributed by atoms with Gasteiger partial charge in [0, 0.05) is 24.1 Å². The molecule has 7 heteroatoms. The minimum Gasteiger partial charge on any atom is -0.338 e. The van der Waals surface area contributed by atoms with Crippen molar-refractivity contribution in [1.82, 2.24) is 9.97 Å². The predicted octanol–water partition coefficient (Wildman–Crippen LogP) is 3.11. The van der Waals surface area contributed by atoms with Crippen LogP contribution in [0.3, 0.4) is 0 Å². The fraction of sp³-hybridized carbons (Fsp3) is 0.600. The van der Waals surface area contributed by atoms with Crippen molar-refractivity contribution < 1.29 is 13.2 Å². The zero-order valence-electron chi connectivity index (χ0n) is 9.50. The van der Waals surface area contributed by atoms with Gasteiger partial charge in [0.15, 0.2) is 0 Å². The second-order valence-electron chi connectivity index (χ2n) is 3.72. The summed E-state index contributed by atoms with van der Waals surface area (Å²) in [6.07, 6.45) is -3.30. The maximum absolute atomic E-state index is 12.5. The van der Waals surface area contributed by atoms with Crippen LogP contribution in [0, 0.1) is 0 Å². The molecular weight excluding hydrogens is 299 g/mol. The van der Waals surface area contributed by atoms with Gasteiger partial charge in [0.05, 0.1) is 0 Å². The molecule has 0 radical (unpaired) electrons. The van der Waals surface area contributed by atoms with Crippen molar-refractivity contribution in [3.8, 4) is 0 Å². The van der Waals surface area contributed by atoms with Crippen molar-refractivity contribution in [3.63, 3.8) is 0 Å². The van der Waals surface area contributed by atoms with Gasteiger partial charge in [-0.2, -0.15) is 13.2 Å². The number of halogens is 4. The van der Waals surface area contributed by atoms with Crippen LogP contribution in [0.1, 0.15) is 19.5 Å². The summed E-state index contributed by atoms with van der Waals surface area (Å²) in [5, 5.41) is 0.644. The first-order chi connectivity index (χ1) is 7.86. The van der Waals surface area contributed by atoms with E-state index in [1.54, 1.807) is 4.90 Å². The average molecular weight is 312 g/mol. The minimum atomic E-state index is -4.44. The molecular formula is C10H13BrF3N3. The summed E-state index contributed by atoms with van der Waals surface area (Å²) in [6.45, 7) is 4.32. The quantitative estimate of drug-likeness (QED) is 0.800. The molecule has 0 saturated carbocycles. The van der Waals surface area contributed by atoms with Gasteiger partial charge in [0.1, 0.15) is 5.69 Å². The molecule has 0 atom stereocenters. The SMILES string of the molecule is CC(C)N(CCBr)c1nccc(C(F)(F)F)n1. The summed E-state index contributed by atoms with van der Waals surface area (Å²) in [4.78, 5) is 9.15. The van der Waals surface area contributed by atoms with E-state index in [0.717, 1.165) is 12.3 Å². The van der Waals surface area contributed by atoms with Crippen molar-refractivity contribution in [2.45, 2.75) is 26.1 Å². The third-order valence-corrected chi connectivity index (χ3v) is 2.49. The fourth-order valence-corrected chi connectivity index (χ4v) is 1.71. The Morgan fingerprint density at radius 3 is 2.53 bits per heavy atom. The molecule has 0 bridgehead atoms. The number of hydrogen-bond acceptors (Lipinski definition) is 3. The van der Waals surface area contributed by atoms with Crippen LogP contribution in [-0.2, 0) is 6.18 Å². The van der Waals surface area contributed by atoms with Gasteiger partial charge in [-0.05, 0) is 19.9 Å². The van der Waals surface area contributed by atoms with Gasteiger partial charge in [0.2, 0.25) is 5.95 Å². The van der Waals surface area contributed by atoms with E-state index in [-0.39, 0.29) is 12.0 Å². The van der Waals surface area contributed by atoms with Crippen molar-refractivity contribution >= 4 is 21.9 Å². The zero-order chi connectivity index (χ0) is 13.1. The molecule has 17 heavy (non-hydrogen) atoms. The third kappa shape index (κ3) is 3.83. The van der Waals surface area contributed by atoms with Crippen LogP contribution in [0.4, 0.5) is 19.1 Å². The lowest BCUT2D eigenvalue weighted by atomic mass is 10.3. The normalized spacial score (nSPS) is 11.9. The molecule has 1 heterocycles. The molecule has 0 aliphatic heterocycles. The first-order valence-corrected chi connectivity index (χ1v) is 6.21. The van der Waals surface area contributed by atoms with Crippen LogP contribution in [0.25, 0.3) is 0 Å². The van der Waals surface area contributed by atoms with E-state index in [0.29, 0.717) is 11.9 Å². The molecule has 0 spiro atoms. The molecule has 1 rings (SSSR count). The molecule has 0 aliphatic carbocycles. The highest BCUT2D eigenvalue weighted by atomic mass is 79.9. The van der Waals surface area contributed by atoms with Crippen LogP contribution in [0.2, 0.25) is 0 Å². The Bertz CT molecular complexity index is 368. The van der Waals surface area contributed by atoms with Crippen molar-refractivity contribution in [3.05, 3.63) is 18.0 Å². The molecule has 1 aromatic rings. The molecule has 0 fully saturated rings. The first kappa shape index (κ1) is 14.2. The van der Waals surface area contributed by atoms with E-state index < -0.39 is 11.9 Å². The highest BCUT2D eigenvalue weighted by Crippen LogP contribution is 2.28. The lowest BCUT2D eigenvalue weighted by Gasteiger charge is -2.26. The van der Waals surface area contributed by atoms with E-state index in [4.69, 9.17) is 0 Å². The predicted molar refractivity (Wildman–Crippen MR) is 63.3 cm³/mol. The fourth-order valence-electron chi connectivity index (χ4n) is 1.32. The Kier molecular flexibility index (Phi) is 4.73. The summed E-state index contributed by atoms with van der Waals surface area (Å²) < 4.78 is 37.5. The second kappa shape index (κ2) is 5.66. The maximum Gasteiger partial charge on any atom is 0.433 e. The molecule has 96 valence electrons. The summed E-state index contributed by atoms with van der Waals surface area (Å²) in [7, 11) is 0. The molecule has 0 aliphatic rings. The number of alkyl halides is 4. The lowest BCUT2D eigenvalue weighted by Crippen LogP contribution is -2.34. The topological polar surface area (TPSA) is 29.0 Å². The van der Waals surface area contributed by atoms with Crippen LogP contribution in [-0.4, -0.2) is 27.9 Å². The second-order valence-corrected chi connectivity index (χ2v) is 4.51. The van der Waals surface area contributed by atoms with Gasteiger partial charge in [-0.3, -0.25) is 0 Å². The number of nitrogens with zero attached hydrogens (tertiary/aromatic N) is 3. The minimum absolute atomic E-state index is 0.0380. The summed E-state index contributed by atoms with van der Waals surface area (Å²) in [6, 6.07) is 0.909. The number of aromatic nitrogens is 2. The third-order valence-electron chi connectivity index (χ3n) is 2.14. The Balaban J connectivity index is 3.04. The molecule has 1 aromatic heterocycles. The smallest absolute Gasteiger partial charge is 0.338 e. The lowest BCUT2D eigenvalue weighted by molar-refractivity contribution is -0.141. The summed E-state index contributed by atoms with van der Waals surface area (Å²) >= 11 is 3.25. The van der Waals surface area contributed by atoms with Gasteiger partial charge in [-0.1, -0.05) is 15.9 Å². The number of anilines is 1. The van der Waals surface area contributed by atoms with Crippen molar-refractivity contribution in [1.29, 1.82) is 0 Å². The van der Waals surface area contributed by atoms with Gasteiger partial charge < -0.3 is 4.90 Å². The summed E-state index contributed by atoms with van der Waals surface area (Å²) in [5.74, 6) is 0.106. The van der Waals surface area contributed by atoms with E-state index >= 15 is 0 Å². The van der Waals surface area contributed by atoms with Gasteiger partial charge >= 0.3 is 6.18 Å². The zero-order valence-corrected chi connectivity index (χ0v) is 11.1.